The third-order valence-corrected chi connectivity index (χ3v) is 3.97. The van der Waals surface area contributed by atoms with Gasteiger partial charge in [0.05, 0.1) is 5.69 Å². The number of hydrogen-bond acceptors (Lipinski definition) is 4. The third-order valence-electron chi connectivity index (χ3n) is 2.05. The average Bonchev–Trinajstić information content (AvgIpc) is 2.12. The fraction of sp³-hybridized carbons (Fsp3) is 0.250. The minimum atomic E-state index is -4.63. The molecule has 95 valence electrons. The van der Waals surface area contributed by atoms with Crippen LogP contribution in [0.3, 0.4) is 0 Å². The van der Waals surface area contributed by atoms with E-state index in [0.29, 0.717) is 0 Å². The highest BCUT2D eigenvalue weighted by molar-refractivity contribution is 7.87. The van der Waals surface area contributed by atoms with Crippen LogP contribution in [0.5, 0.6) is 0 Å². The van der Waals surface area contributed by atoms with Crippen LogP contribution in [0.1, 0.15) is 5.56 Å². The highest BCUT2D eigenvalue weighted by Crippen LogP contribution is 2.31. The molecule has 0 aliphatic rings. The Balaban J connectivity index is 3.85. The Morgan fingerprint density at radius 2 is 1.59 bits per heavy atom. The van der Waals surface area contributed by atoms with Crippen molar-refractivity contribution in [1.29, 1.82) is 0 Å². The van der Waals surface area contributed by atoms with Crippen molar-refractivity contribution in [3.8, 4) is 0 Å². The van der Waals surface area contributed by atoms with E-state index in [2.05, 4.69) is 5.32 Å². The van der Waals surface area contributed by atoms with Crippen molar-refractivity contribution < 1.29 is 25.9 Å². The average molecular weight is 280 g/mol. The van der Waals surface area contributed by atoms with Crippen LogP contribution in [0.4, 0.5) is 5.69 Å². The topological polar surface area (TPSA) is 123 Å². The Morgan fingerprint density at radius 3 is 1.94 bits per heavy atom. The van der Waals surface area contributed by atoms with Crippen molar-refractivity contribution >= 4 is 25.9 Å². The highest BCUT2D eigenvalue weighted by Gasteiger charge is 2.26. The maximum Gasteiger partial charge on any atom is 0.296 e. The quantitative estimate of drug-likeness (QED) is 0.770. The van der Waals surface area contributed by atoms with Gasteiger partial charge in [-0.25, -0.2) is 0 Å². The molecule has 0 aliphatic carbocycles. The van der Waals surface area contributed by atoms with Gasteiger partial charge >= 0.3 is 0 Å². The molecule has 2 N–H and O–H groups in total. The molecule has 0 amide bonds. The molecular formula is C8H10NO6S2. The van der Waals surface area contributed by atoms with Gasteiger partial charge in [-0.3, -0.25) is 14.4 Å². The lowest BCUT2D eigenvalue weighted by atomic mass is 10.2. The van der Waals surface area contributed by atoms with Gasteiger partial charge in [-0.1, -0.05) is 6.07 Å². The van der Waals surface area contributed by atoms with Crippen LogP contribution < -0.4 is 5.32 Å². The minimum Gasteiger partial charge on any atom is -0.286 e. The van der Waals surface area contributed by atoms with E-state index >= 15 is 0 Å². The van der Waals surface area contributed by atoms with Crippen LogP contribution in [0.15, 0.2) is 21.9 Å². The maximum absolute atomic E-state index is 11.1. The van der Waals surface area contributed by atoms with Gasteiger partial charge in [0.15, 0.2) is 0 Å². The monoisotopic (exact) mass is 280 g/mol. The number of hydrogen-bond donors (Lipinski definition) is 2. The molecule has 1 rings (SSSR count). The number of nitrogens with zero attached hydrogens (tertiary/aromatic N) is 1. The highest BCUT2D eigenvalue weighted by atomic mass is 32.2. The molecule has 0 saturated carbocycles. The van der Waals surface area contributed by atoms with E-state index in [0.717, 1.165) is 19.2 Å². The molecule has 0 saturated heterocycles. The summed E-state index contributed by atoms with van der Waals surface area (Å²) in [5.41, 5.74) is -0.365. The van der Waals surface area contributed by atoms with Crippen molar-refractivity contribution in [2.75, 3.05) is 7.05 Å². The van der Waals surface area contributed by atoms with E-state index in [-0.39, 0.29) is 5.56 Å². The fourth-order valence-corrected chi connectivity index (χ4v) is 3.06. The molecule has 0 fully saturated rings. The molecule has 17 heavy (non-hydrogen) atoms. The summed E-state index contributed by atoms with van der Waals surface area (Å²) in [5.74, 6) is 0. The summed E-state index contributed by atoms with van der Waals surface area (Å²) in [5, 5.41) is 3.49. The second-order valence-corrected chi connectivity index (χ2v) is 5.98. The van der Waals surface area contributed by atoms with E-state index < -0.39 is 35.7 Å². The molecule has 0 unspecified atom stereocenters. The van der Waals surface area contributed by atoms with Crippen LogP contribution >= 0.6 is 0 Å². The lowest BCUT2D eigenvalue weighted by molar-refractivity contribution is 0.480. The number of rotatable bonds is 3. The van der Waals surface area contributed by atoms with Crippen molar-refractivity contribution in [1.82, 2.24) is 5.32 Å². The molecule has 1 aromatic carbocycles. The Bertz CT molecular complexity index is 647. The van der Waals surface area contributed by atoms with E-state index in [1.54, 1.807) is 0 Å². The van der Waals surface area contributed by atoms with Crippen molar-refractivity contribution in [2.45, 2.75) is 16.7 Å². The second-order valence-electron chi connectivity index (χ2n) is 3.23. The van der Waals surface area contributed by atoms with Crippen LogP contribution in [0, 0.1) is 6.92 Å². The van der Waals surface area contributed by atoms with Gasteiger partial charge in [-0.2, -0.15) is 16.8 Å². The first kappa shape index (κ1) is 13.9. The smallest absolute Gasteiger partial charge is 0.286 e. The molecular weight excluding hydrogens is 270 g/mol. The molecule has 0 heterocycles. The van der Waals surface area contributed by atoms with Crippen molar-refractivity contribution in [3.63, 3.8) is 0 Å². The maximum atomic E-state index is 11.1. The van der Waals surface area contributed by atoms with Crippen LogP contribution in [-0.4, -0.2) is 33.0 Å². The van der Waals surface area contributed by atoms with Gasteiger partial charge in [0, 0.05) is 7.05 Å². The molecule has 0 aliphatic heterocycles. The molecule has 7 nitrogen and oxygen atoms in total. The number of aryl methyl sites for hydroxylation is 1. The van der Waals surface area contributed by atoms with Gasteiger partial charge in [-0.05, 0) is 18.6 Å². The predicted octanol–water partition coefficient (Wildman–Crippen LogP) is 0.354. The Morgan fingerprint density at radius 1 is 1.06 bits per heavy atom. The summed E-state index contributed by atoms with van der Waals surface area (Å²) in [6.07, 6.45) is 0. The summed E-state index contributed by atoms with van der Waals surface area (Å²) in [4.78, 5) is -1.30. The standard InChI is InChI=1S/C8H10NO6S2/c1-5-3-4-6(16(10,11)12)7(9-2)8(5)17(13,14)15/h3-4H,1-2H3,(H,10,11,12)(H,13,14,15). The van der Waals surface area contributed by atoms with E-state index in [4.69, 9.17) is 9.11 Å². The molecule has 1 aromatic rings. The van der Waals surface area contributed by atoms with Crippen molar-refractivity contribution in [2.24, 2.45) is 0 Å². The minimum absolute atomic E-state index is 0.125. The normalized spacial score (nSPS) is 12.5. The second kappa shape index (κ2) is 4.26. The van der Waals surface area contributed by atoms with E-state index in [1.807, 2.05) is 0 Å². The number of benzene rings is 1. The first-order valence-corrected chi connectivity index (χ1v) is 7.15. The first-order chi connectivity index (χ1) is 7.59. The van der Waals surface area contributed by atoms with Gasteiger partial charge in [-0.15, -0.1) is 0 Å². The zero-order chi connectivity index (χ0) is 13.4. The molecule has 0 spiro atoms. The molecule has 0 aromatic heterocycles. The summed E-state index contributed by atoms with van der Waals surface area (Å²) in [6.45, 7) is 1.37. The summed E-state index contributed by atoms with van der Waals surface area (Å²) in [7, 11) is -8.09. The Labute approximate surface area is 99.0 Å². The molecule has 9 heteroatoms. The van der Waals surface area contributed by atoms with Gasteiger partial charge in [0.25, 0.3) is 20.2 Å². The van der Waals surface area contributed by atoms with Gasteiger partial charge in [0.2, 0.25) is 0 Å². The lowest BCUT2D eigenvalue weighted by Crippen LogP contribution is -2.10. The summed E-state index contributed by atoms with van der Waals surface area (Å²) < 4.78 is 62.2. The van der Waals surface area contributed by atoms with Gasteiger partial charge < -0.3 is 0 Å². The molecule has 1 radical (unpaired) electrons. The zero-order valence-corrected chi connectivity index (χ0v) is 10.6. The van der Waals surface area contributed by atoms with Crippen molar-refractivity contribution in [3.05, 3.63) is 17.7 Å². The Hall–Kier alpha value is -1.16. The molecule has 0 atom stereocenters. The lowest BCUT2D eigenvalue weighted by Gasteiger charge is -2.11. The predicted molar refractivity (Wildman–Crippen MR) is 58.5 cm³/mol. The SMILES string of the molecule is C[N]c1c(S(=O)(=O)O)ccc(C)c1S(=O)(=O)O. The Kier molecular flexibility index (Phi) is 3.48. The zero-order valence-electron chi connectivity index (χ0n) is 8.95. The van der Waals surface area contributed by atoms with Crippen LogP contribution in [0.25, 0.3) is 0 Å². The van der Waals surface area contributed by atoms with Crippen LogP contribution in [-0.2, 0) is 20.2 Å². The van der Waals surface area contributed by atoms with E-state index in [1.165, 1.54) is 6.92 Å². The fourth-order valence-electron chi connectivity index (χ4n) is 1.40. The van der Waals surface area contributed by atoms with Gasteiger partial charge in [0.1, 0.15) is 9.79 Å². The first-order valence-electron chi connectivity index (χ1n) is 4.27. The van der Waals surface area contributed by atoms with Crippen LogP contribution in [0.2, 0.25) is 0 Å². The van der Waals surface area contributed by atoms with E-state index in [9.17, 15) is 16.8 Å². The molecule has 0 bridgehead atoms. The largest absolute Gasteiger partial charge is 0.296 e. The summed E-state index contributed by atoms with van der Waals surface area (Å²) >= 11 is 0. The third kappa shape index (κ3) is 2.75. The summed E-state index contributed by atoms with van der Waals surface area (Å²) in [6, 6.07) is 2.17.